The van der Waals surface area contributed by atoms with E-state index < -0.39 is 5.95 Å². The van der Waals surface area contributed by atoms with Crippen molar-refractivity contribution in [1.29, 1.82) is 0 Å². The van der Waals surface area contributed by atoms with E-state index in [-0.39, 0.29) is 0 Å². The molecule has 0 bridgehead atoms. The van der Waals surface area contributed by atoms with E-state index in [1.807, 2.05) is 17.8 Å². The van der Waals surface area contributed by atoms with Crippen molar-refractivity contribution in [2.45, 2.75) is 37.0 Å². The molecule has 4 heteroatoms. The molecule has 1 N–H and O–H groups in total. The molecule has 0 atom stereocenters. The Bertz CT molecular complexity index is 338. The summed E-state index contributed by atoms with van der Waals surface area (Å²) in [6.45, 7) is 0. The van der Waals surface area contributed by atoms with Crippen LogP contribution in [0.2, 0.25) is 0 Å². The monoisotopic (exact) mass is 240 g/mol. The first-order chi connectivity index (χ1) is 7.78. The molecule has 16 heavy (non-hydrogen) atoms. The van der Waals surface area contributed by atoms with Gasteiger partial charge in [-0.15, -0.1) is 0 Å². The second-order valence-electron chi connectivity index (χ2n) is 4.22. The first-order valence-electron chi connectivity index (χ1n) is 5.69. The molecule has 0 aliphatic heterocycles. The third-order valence-corrected chi connectivity index (χ3v) is 4.24. The number of aromatic nitrogens is 1. The number of pyridine rings is 1. The third kappa shape index (κ3) is 3.11. The SMILES string of the molecule is CSC1CCC(Nc2ccnc(F)c2)CC1. The molecule has 2 rings (SSSR count). The number of thioether (sulfide) groups is 1. The van der Waals surface area contributed by atoms with Crippen LogP contribution < -0.4 is 5.32 Å². The van der Waals surface area contributed by atoms with Crippen LogP contribution in [-0.4, -0.2) is 22.5 Å². The minimum Gasteiger partial charge on any atom is -0.382 e. The average molecular weight is 240 g/mol. The number of hydrogen-bond acceptors (Lipinski definition) is 3. The zero-order valence-corrected chi connectivity index (χ0v) is 10.3. The minimum atomic E-state index is -0.414. The van der Waals surface area contributed by atoms with Gasteiger partial charge in [0.25, 0.3) is 0 Å². The lowest BCUT2D eigenvalue weighted by Crippen LogP contribution is -2.27. The van der Waals surface area contributed by atoms with Crippen LogP contribution in [0.15, 0.2) is 18.3 Å². The molecule has 88 valence electrons. The maximum Gasteiger partial charge on any atom is 0.214 e. The fourth-order valence-corrected chi connectivity index (χ4v) is 2.91. The van der Waals surface area contributed by atoms with Crippen molar-refractivity contribution in [1.82, 2.24) is 4.98 Å². The molecule has 0 unspecified atom stereocenters. The Kier molecular flexibility index (Phi) is 4.04. The van der Waals surface area contributed by atoms with E-state index in [4.69, 9.17) is 0 Å². The topological polar surface area (TPSA) is 24.9 Å². The molecule has 1 aromatic rings. The van der Waals surface area contributed by atoms with Crippen molar-refractivity contribution in [2.75, 3.05) is 11.6 Å². The summed E-state index contributed by atoms with van der Waals surface area (Å²) in [4.78, 5) is 3.55. The van der Waals surface area contributed by atoms with Gasteiger partial charge in [-0.2, -0.15) is 16.2 Å². The highest BCUT2D eigenvalue weighted by Gasteiger charge is 2.20. The zero-order valence-electron chi connectivity index (χ0n) is 9.45. The first-order valence-corrected chi connectivity index (χ1v) is 6.97. The standard InChI is InChI=1S/C12H17FN2S/c1-16-11-4-2-9(3-5-11)15-10-6-7-14-12(13)8-10/h6-9,11H,2-5H2,1H3,(H,14,15). The van der Waals surface area contributed by atoms with Gasteiger partial charge >= 0.3 is 0 Å². The van der Waals surface area contributed by atoms with Gasteiger partial charge in [-0.25, -0.2) is 4.98 Å². The molecule has 1 aliphatic carbocycles. The second kappa shape index (κ2) is 5.53. The van der Waals surface area contributed by atoms with Crippen LogP contribution in [0.3, 0.4) is 0 Å². The van der Waals surface area contributed by atoms with Gasteiger partial charge in [-0.1, -0.05) is 0 Å². The van der Waals surface area contributed by atoms with Crippen molar-refractivity contribution in [3.05, 3.63) is 24.3 Å². The highest BCUT2D eigenvalue weighted by Crippen LogP contribution is 2.28. The van der Waals surface area contributed by atoms with Gasteiger partial charge < -0.3 is 5.32 Å². The molecule has 0 saturated heterocycles. The first kappa shape index (κ1) is 11.7. The summed E-state index contributed by atoms with van der Waals surface area (Å²) in [5, 5.41) is 4.19. The summed E-state index contributed by atoms with van der Waals surface area (Å²) in [5.41, 5.74) is 0.847. The Morgan fingerprint density at radius 1 is 1.38 bits per heavy atom. The number of hydrogen-bond donors (Lipinski definition) is 1. The molecule has 1 fully saturated rings. The molecule has 1 saturated carbocycles. The molecule has 0 spiro atoms. The van der Waals surface area contributed by atoms with Crippen molar-refractivity contribution in [3.63, 3.8) is 0 Å². The van der Waals surface area contributed by atoms with Crippen molar-refractivity contribution >= 4 is 17.4 Å². The molecular weight excluding hydrogens is 223 g/mol. The number of anilines is 1. The Morgan fingerprint density at radius 3 is 2.75 bits per heavy atom. The average Bonchev–Trinajstić information content (AvgIpc) is 2.30. The van der Waals surface area contributed by atoms with Crippen molar-refractivity contribution < 1.29 is 4.39 Å². The summed E-state index contributed by atoms with van der Waals surface area (Å²) >= 11 is 1.96. The van der Waals surface area contributed by atoms with Crippen molar-refractivity contribution in [3.8, 4) is 0 Å². The van der Waals surface area contributed by atoms with E-state index >= 15 is 0 Å². The molecule has 0 radical (unpaired) electrons. The van der Waals surface area contributed by atoms with Gasteiger partial charge in [0.15, 0.2) is 0 Å². The fourth-order valence-electron chi connectivity index (χ4n) is 2.17. The summed E-state index contributed by atoms with van der Waals surface area (Å²) in [6, 6.07) is 3.77. The second-order valence-corrected chi connectivity index (χ2v) is 5.36. The van der Waals surface area contributed by atoms with Crippen LogP contribution in [-0.2, 0) is 0 Å². The van der Waals surface area contributed by atoms with Crippen LogP contribution >= 0.6 is 11.8 Å². The van der Waals surface area contributed by atoms with Gasteiger partial charge in [0.1, 0.15) is 0 Å². The van der Waals surface area contributed by atoms with Gasteiger partial charge in [0, 0.05) is 29.2 Å². The molecule has 0 aromatic carbocycles. The van der Waals surface area contributed by atoms with E-state index in [1.165, 1.54) is 37.9 Å². The number of rotatable bonds is 3. The van der Waals surface area contributed by atoms with E-state index in [2.05, 4.69) is 16.6 Å². The molecule has 2 nitrogen and oxygen atoms in total. The van der Waals surface area contributed by atoms with Gasteiger partial charge in [-0.05, 0) is 38.0 Å². The van der Waals surface area contributed by atoms with Crippen LogP contribution in [0.4, 0.5) is 10.1 Å². The minimum absolute atomic E-state index is 0.414. The smallest absolute Gasteiger partial charge is 0.214 e. The number of nitrogens with zero attached hydrogens (tertiary/aromatic N) is 1. The Labute approximate surface area is 100 Å². The molecular formula is C12H17FN2S. The van der Waals surface area contributed by atoms with Crippen LogP contribution in [0, 0.1) is 5.95 Å². The third-order valence-electron chi connectivity index (χ3n) is 3.10. The van der Waals surface area contributed by atoms with E-state index in [9.17, 15) is 4.39 Å². The maximum absolute atomic E-state index is 12.9. The van der Waals surface area contributed by atoms with E-state index in [0.29, 0.717) is 6.04 Å². The maximum atomic E-state index is 12.9. The number of halogens is 1. The van der Waals surface area contributed by atoms with Crippen molar-refractivity contribution in [2.24, 2.45) is 0 Å². The van der Waals surface area contributed by atoms with Gasteiger partial charge in [-0.3, -0.25) is 0 Å². The lowest BCUT2D eigenvalue weighted by atomic mass is 9.95. The summed E-state index contributed by atoms with van der Waals surface area (Å²) in [6.07, 6.45) is 8.55. The highest BCUT2D eigenvalue weighted by atomic mass is 32.2. The summed E-state index contributed by atoms with van der Waals surface area (Å²) in [7, 11) is 0. The van der Waals surface area contributed by atoms with Crippen LogP contribution in [0.1, 0.15) is 25.7 Å². The Hall–Kier alpha value is -0.770. The Balaban J connectivity index is 1.87. The normalized spacial score (nSPS) is 25.4. The van der Waals surface area contributed by atoms with Gasteiger partial charge in [0.2, 0.25) is 5.95 Å². The molecule has 1 heterocycles. The highest BCUT2D eigenvalue weighted by molar-refractivity contribution is 7.99. The van der Waals surface area contributed by atoms with Gasteiger partial charge in [0.05, 0.1) is 0 Å². The quantitative estimate of drug-likeness (QED) is 0.820. The summed E-state index contributed by atoms with van der Waals surface area (Å²) < 4.78 is 12.9. The molecule has 1 aromatic heterocycles. The summed E-state index contributed by atoms with van der Waals surface area (Å²) in [5.74, 6) is -0.414. The lowest BCUT2D eigenvalue weighted by molar-refractivity contribution is 0.473. The molecule has 1 aliphatic rings. The zero-order chi connectivity index (χ0) is 11.4. The van der Waals surface area contributed by atoms with Crippen LogP contribution in [0.5, 0.6) is 0 Å². The fraction of sp³-hybridized carbons (Fsp3) is 0.583. The number of nitrogens with one attached hydrogen (secondary N) is 1. The Morgan fingerprint density at radius 2 is 2.12 bits per heavy atom. The lowest BCUT2D eigenvalue weighted by Gasteiger charge is -2.28. The molecule has 0 amide bonds. The largest absolute Gasteiger partial charge is 0.382 e. The van der Waals surface area contributed by atoms with E-state index in [0.717, 1.165) is 10.9 Å². The predicted octanol–water partition coefficient (Wildman–Crippen LogP) is 3.31. The predicted molar refractivity (Wildman–Crippen MR) is 67.4 cm³/mol. The van der Waals surface area contributed by atoms with E-state index in [1.54, 1.807) is 0 Å². The van der Waals surface area contributed by atoms with Crippen LogP contribution in [0.25, 0.3) is 0 Å².